The second kappa shape index (κ2) is 9.15. The molecule has 0 heterocycles. The van der Waals surface area contributed by atoms with Crippen LogP contribution in [-0.2, 0) is 19.3 Å². The van der Waals surface area contributed by atoms with Gasteiger partial charge in [0, 0.05) is 13.0 Å². The van der Waals surface area contributed by atoms with Gasteiger partial charge in [-0.3, -0.25) is 4.79 Å². The van der Waals surface area contributed by atoms with Crippen molar-refractivity contribution in [1.82, 2.24) is 5.32 Å². The van der Waals surface area contributed by atoms with Crippen molar-refractivity contribution < 1.29 is 19.3 Å². The third-order valence-electron chi connectivity index (χ3n) is 3.72. The van der Waals surface area contributed by atoms with Crippen LogP contribution in [0.2, 0.25) is 0 Å². The smallest absolute Gasteiger partial charge is 0.217 e. The van der Waals surface area contributed by atoms with Crippen LogP contribution in [-0.4, -0.2) is 43.9 Å². The van der Waals surface area contributed by atoms with Gasteiger partial charge in [-0.25, -0.2) is 9.78 Å². The Morgan fingerprint density at radius 1 is 1.48 bits per heavy atom. The summed E-state index contributed by atoms with van der Waals surface area (Å²) in [5.74, 6) is -0.0985. The van der Waals surface area contributed by atoms with Crippen LogP contribution >= 0.6 is 0 Å². The van der Waals surface area contributed by atoms with Crippen molar-refractivity contribution in [1.29, 1.82) is 0 Å². The minimum Gasteiger partial charge on any atom is -0.372 e. The first-order chi connectivity index (χ1) is 10.0. The highest BCUT2D eigenvalue weighted by Crippen LogP contribution is 2.24. The molecule has 6 heteroatoms. The number of amides is 1. The third kappa shape index (κ3) is 5.74. The number of rotatable bonds is 8. The largest absolute Gasteiger partial charge is 0.372 e. The second-order valence-electron chi connectivity index (χ2n) is 5.37. The lowest BCUT2D eigenvalue weighted by atomic mass is 9.88. The highest BCUT2D eigenvalue weighted by Gasteiger charge is 2.34. The predicted molar refractivity (Wildman–Crippen MR) is 80.5 cm³/mol. The summed E-state index contributed by atoms with van der Waals surface area (Å²) >= 11 is 0. The van der Waals surface area contributed by atoms with E-state index in [4.69, 9.17) is 15.4 Å². The number of hydrogen-bond donors (Lipinski definition) is 2. The maximum Gasteiger partial charge on any atom is 0.217 e. The van der Waals surface area contributed by atoms with Crippen LogP contribution in [0.4, 0.5) is 0 Å². The zero-order valence-electron chi connectivity index (χ0n) is 13.4. The van der Waals surface area contributed by atoms with Gasteiger partial charge in [-0.05, 0) is 24.8 Å². The van der Waals surface area contributed by atoms with E-state index in [1.807, 2.05) is 6.08 Å². The molecule has 1 aliphatic carbocycles. The fourth-order valence-corrected chi connectivity index (χ4v) is 2.60. The van der Waals surface area contributed by atoms with Crippen LogP contribution in [0.25, 0.3) is 0 Å². The maximum absolute atomic E-state index is 11.4. The predicted octanol–water partition coefficient (Wildman–Crippen LogP) is 1.30. The van der Waals surface area contributed by atoms with E-state index in [2.05, 4.69) is 24.1 Å². The third-order valence-corrected chi connectivity index (χ3v) is 3.72. The highest BCUT2D eigenvalue weighted by atomic mass is 17.2. The molecular weight excluding hydrogens is 272 g/mol. The molecule has 0 spiro atoms. The van der Waals surface area contributed by atoms with Crippen molar-refractivity contribution in [2.45, 2.75) is 64.3 Å². The van der Waals surface area contributed by atoms with E-state index in [-0.39, 0.29) is 30.2 Å². The van der Waals surface area contributed by atoms with Gasteiger partial charge in [-0.2, -0.15) is 0 Å². The van der Waals surface area contributed by atoms with Crippen LogP contribution in [0.3, 0.4) is 0 Å². The average Bonchev–Trinajstić information content (AvgIpc) is 2.45. The molecule has 3 atom stereocenters. The van der Waals surface area contributed by atoms with Gasteiger partial charge in [0.1, 0.15) is 6.61 Å². The Morgan fingerprint density at radius 3 is 2.67 bits per heavy atom. The number of nitrogens with one attached hydrogen (secondary N) is 1. The Kier molecular flexibility index (Phi) is 7.88. The molecule has 1 aliphatic rings. The number of hydrogen-bond acceptors (Lipinski definition) is 5. The molecule has 0 saturated heterocycles. The fraction of sp³-hybridized carbons (Fsp3) is 0.800. The summed E-state index contributed by atoms with van der Waals surface area (Å²) in [5, 5.41) is 2.91. The fourth-order valence-electron chi connectivity index (χ4n) is 2.60. The van der Waals surface area contributed by atoms with Crippen LogP contribution < -0.4 is 11.1 Å². The molecule has 0 fully saturated rings. The van der Waals surface area contributed by atoms with Crippen LogP contribution in [0.15, 0.2) is 11.6 Å². The van der Waals surface area contributed by atoms with E-state index < -0.39 is 0 Å². The molecule has 6 nitrogen and oxygen atoms in total. The Morgan fingerprint density at radius 2 is 2.14 bits per heavy atom. The molecule has 0 radical (unpaired) electrons. The van der Waals surface area contributed by atoms with E-state index in [1.165, 1.54) is 14.0 Å². The van der Waals surface area contributed by atoms with Gasteiger partial charge in [0.05, 0.1) is 25.4 Å². The molecule has 0 bridgehead atoms. The van der Waals surface area contributed by atoms with Crippen molar-refractivity contribution in [3.8, 4) is 0 Å². The van der Waals surface area contributed by atoms with Crippen LogP contribution in [0, 0.1) is 0 Å². The minimum atomic E-state index is -0.294. The first-order valence-electron chi connectivity index (χ1n) is 7.55. The normalized spacial score (nSPS) is 25.8. The first-order valence-corrected chi connectivity index (χ1v) is 7.55. The van der Waals surface area contributed by atoms with Gasteiger partial charge in [0.15, 0.2) is 0 Å². The van der Waals surface area contributed by atoms with E-state index in [1.54, 1.807) is 0 Å². The van der Waals surface area contributed by atoms with Crippen LogP contribution in [0.1, 0.15) is 40.0 Å². The molecule has 0 aromatic rings. The molecule has 1 amide bonds. The molecule has 0 aliphatic heterocycles. The number of ether oxygens (including phenoxy) is 1. The molecular formula is C15H28N2O4. The van der Waals surface area contributed by atoms with Gasteiger partial charge in [0.25, 0.3) is 0 Å². The molecule has 0 unspecified atom stereocenters. The summed E-state index contributed by atoms with van der Waals surface area (Å²) in [4.78, 5) is 21.0. The molecule has 1 rings (SSSR count). The van der Waals surface area contributed by atoms with Crippen LogP contribution in [0.5, 0.6) is 0 Å². The van der Waals surface area contributed by atoms with Crippen molar-refractivity contribution in [2.75, 3.05) is 13.7 Å². The van der Waals surface area contributed by atoms with Crippen molar-refractivity contribution >= 4 is 5.91 Å². The molecule has 21 heavy (non-hydrogen) atoms. The lowest BCUT2D eigenvalue weighted by molar-refractivity contribution is -0.266. The van der Waals surface area contributed by atoms with Gasteiger partial charge < -0.3 is 15.8 Å². The Balaban J connectivity index is 2.81. The quantitative estimate of drug-likeness (QED) is 0.401. The lowest BCUT2D eigenvalue weighted by Gasteiger charge is -2.37. The zero-order valence-corrected chi connectivity index (χ0v) is 13.4. The monoisotopic (exact) mass is 300 g/mol. The first kappa shape index (κ1) is 18.1. The molecule has 0 aromatic carbocycles. The van der Waals surface area contributed by atoms with Gasteiger partial charge >= 0.3 is 0 Å². The number of carbonyl (C=O) groups excluding carboxylic acids is 1. The summed E-state index contributed by atoms with van der Waals surface area (Å²) in [5.41, 5.74) is 7.20. The van der Waals surface area contributed by atoms with Crippen molar-refractivity contribution in [2.24, 2.45) is 5.73 Å². The van der Waals surface area contributed by atoms with Gasteiger partial charge in [0.2, 0.25) is 5.91 Å². The SMILES string of the molecule is CCC(CC)O[C@@H]1CC(COOC)=C[C@H](N)[C@H]1NC(C)=O. The van der Waals surface area contributed by atoms with Gasteiger partial charge in [-0.15, -0.1) is 0 Å². The summed E-state index contributed by atoms with van der Waals surface area (Å²) < 4.78 is 6.15. The molecule has 0 saturated carbocycles. The number of carbonyl (C=O) groups is 1. The summed E-state index contributed by atoms with van der Waals surface area (Å²) in [6.45, 7) is 6.04. The average molecular weight is 300 g/mol. The van der Waals surface area contributed by atoms with E-state index in [0.29, 0.717) is 13.0 Å². The zero-order chi connectivity index (χ0) is 15.8. The summed E-state index contributed by atoms with van der Waals surface area (Å²) in [6, 6.07) is -0.508. The maximum atomic E-state index is 11.4. The molecule has 0 aromatic heterocycles. The standard InChI is InChI=1S/C15H28N2O4/c1-5-12(6-2)21-14-8-11(9-20-19-4)7-13(16)15(14)17-10(3)18/h7,12-15H,5-6,8-9,16H2,1-4H3,(H,17,18)/t13-,14+,15+/m0/s1. The Labute approximate surface area is 126 Å². The highest BCUT2D eigenvalue weighted by molar-refractivity contribution is 5.73. The van der Waals surface area contributed by atoms with Crippen molar-refractivity contribution in [3.63, 3.8) is 0 Å². The van der Waals surface area contributed by atoms with Gasteiger partial charge in [-0.1, -0.05) is 19.9 Å². The Bertz CT molecular complexity index is 356. The summed E-state index contributed by atoms with van der Waals surface area (Å²) in [6.07, 6.45) is 4.49. The van der Waals surface area contributed by atoms with Crippen molar-refractivity contribution in [3.05, 3.63) is 11.6 Å². The van der Waals surface area contributed by atoms with E-state index in [0.717, 1.165) is 18.4 Å². The summed E-state index contributed by atoms with van der Waals surface area (Å²) in [7, 11) is 1.47. The molecule has 3 N–H and O–H groups in total. The number of nitrogens with two attached hydrogens (primary N) is 1. The molecule has 122 valence electrons. The lowest BCUT2D eigenvalue weighted by Crippen LogP contribution is -2.56. The minimum absolute atomic E-state index is 0.0985. The second-order valence-corrected chi connectivity index (χ2v) is 5.37. The van der Waals surface area contributed by atoms with E-state index >= 15 is 0 Å². The van der Waals surface area contributed by atoms with E-state index in [9.17, 15) is 4.79 Å². The Hall–Kier alpha value is -0.950. The topological polar surface area (TPSA) is 82.8 Å².